The lowest BCUT2D eigenvalue weighted by Crippen LogP contribution is -2.25. The molecule has 1 atom stereocenters. The Balaban J connectivity index is 2.85. The van der Waals surface area contributed by atoms with Crippen LogP contribution in [0, 0.1) is 11.6 Å². The quantitative estimate of drug-likeness (QED) is 0.593. The van der Waals surface area contributed by atoms with Gasteiger partial charge in [-0.2, -0.15) is 0 Å². The Labute approximate surface area is 95.9 Å². The van der Waals surface area contributed by atoms with E-state index in [1.807, 2.05) is 0 Å². The Bertz CT molecular complexity index is 404. The molecule has 0 amide bonds. The van der Waals surface area contributed by atoms with Gasteiger partial charge >= 0.3 is 0 Å². The van der Waals surface area contributed by atoms with E-state index in [-0.39, 0.29) is 5.69 Å². The maximum Gasteiger partial charge on any atom is 0.153 e. The number of nitrogens with zero attached hydrogens (tertiary/aromatic N) is 2. The van der Waals surface area contributed by atoms with Gasteiger partial charge in [-0.25, -0.2) is 13.8 Å². The van der Waals surface area contributed by atoms with Gasteiger partial charge in [-0.05, 0) is 20.8 Å². The molecular weight excluding hydrogens is 234 g/mol. The molecule has 1 rings (SSSR count). The zero-order valence-corrected chi connectivity index (χ0v) is 10.0. The van der Waals surface area contributed by atoms with Crippen LogP contribution in [0.1, 0.15) is 26.5 Å². The molecule has 16 heavy (non-hydrogen) atoms. The molecule has 3 nitrogen and oxygen atoms in total. The molecule has 0 aliphatic carbocycles. The minimum absolute atomic E-state index is 0.126. The summed E-state index contributed by atoms with van der Waals surface area (Å²) in [6.45, 7) is 5.23. The Hall–Kier alpha value is -1.01. The minimum Gasteiger partial charge on any atom is -0.591 e. The lowest BCUT2D eigenvalue weighted by molar-refractivity contribution is 0.561. The first kappa shape index (κ1) is 13.1. The monoisotopic (exact) mass is 246 g/mol. The largest absolute Gasteiger partial charge is 0.591 e. The summed E-state index contributed by atoms with van der Waals surface area (Å²) in [6, 6.07) is 0.703. The highest BCUT2D eigenvalue weighted by atomic mass is 32.2. The van der Waals surface area contributed by atoms with E-state index >= 15 is 0 Å². The number of rotatable bonds is 2. The van der Waals surface area contributed by atoms with Crippen molar-refractivity contribution in [1.82, 2.24) is 4.98 Å². The summed E-state index contributed by atoms with van der Waals surface area (Å²) in [7, 11) is 0. The molecular formula is C10H12F2N2OS. The van der Waals surface area contributed by atoms with Crippen LogP contribution in [0.2, 0.25) is 0 Å². The van der Waals surface area contributed by atoms with Crippen LogP contribution in [0.3, 0.4) is 0 Å². The van der Waals surface area contributed by atoms with E-state index in [9.17, 15) is 13.3 Å². The summed E-state index contributed by atoms with van der Waals surface area (Å²) in [5.41, 5.74) is -0.126. The average Bonchev–Trinajstić information content (AvgIpc) is 2.14. The van der Waals surface area contributed by atoms with Crippen molar-refractivity contribution < 1.29 is 13.3 Å². The van der Waals surface area contributed by atoms with Gasteiger partial charge in [0.05, 0.1) is 6.20 Å². The third-order valence-electron chi connectivity index (χ3n) is 1.63. The van der Waals surface area contributed by atoms with Crippen LogP contribution >= 0.6 is 0 Å². The highest BCUT2D eigenvalue weighted by Crippen LogP contribution is 2.16. The summed E-state index contributed by atoms with van der Waals surface area (Å²) in [5, 5.41) is 0. The van der Waals surface area contributed by atoms with Gasteiger partial charge in [0.25, 0.3) is 0 Å². The zero-order chi connectivity index (χ0) is 12.3. The number of hydrogen-bond acceptors (Lipinski definition) is 3. The second-order valence-corrected chi connectivity index (χ2v) is 6.05. The van der Waals surface area contributed by atoms with Crippen LogP contribution in [0.4, 0.5) is 8.78 Å². The lowest BCUT2D eigenvalue weighted by atomic mass is 10.3. The van der Waals surface area contributed by atoms with Crippen molar-refractivity contribution in [1.29, 1.82) is 0 Å². The third kappa shape index (κ3) is 3.53. The molecule has 0 saturated heterocycles. The predicted molar refractivity (Wildman–Crippen MR) is 59.6 cm³/mol. The number of pyridine rings is 1. The fourth-order valence-electron chi connectivity index (χ4n) is 0.776. The van der Waals surface area contributed by atoms with Gasteiger partial charge in [-0.15, -0.1) is 0 Å². The topological polar surface area (TPSA) is 48.3 Å². The van der Waals surface area contributed by atoms with Gasteiger partial charge in [0.1, 0.15) is 33.8 Å². The van der Waals surface area contributed by atoms with Gasteiger partial charge in [0.15, 0.2) is 5.82 Å². The fourth-order valence-corrected chi connectivity index (χ4v) is 1.29. The third-order valence-corrected chi connectivity index (χ3v) is 2.98. The standard InChI is InChI=1S/C10H12F2N2OS/c1-10(2,3)16(15)14-6-9-8(12)4-7(11)5-13-9/h4-6H,1-3H3/b14-6+/t16-/m0/s1. The minimum atomic E-state index is -1.48. The smallest absolute Gasteiger partial charge is 0.153 e. The van der Waals surface area contributed by atoms with Gasteiger partial charge in [0, 0.05) is 6.07 Å². The van der Waals surface area contributed by atoms with E-state index in [2.05, 4.69) is 9.38 Å². The fraction of sp³-hybridized carbons (Fsp3) is 0.400. The Kier molecular flexibility index (Phi) is 3.98. The second kappa shape index (κ2) is 4.88. The maximum atomic E-state index is 13.1. The molecule has 0 radical (unpaired) electrons. The van der Waals surface area contributed by atoms with Crippen LogP contribution in [0.5, 0.6) is 0 Å². The normalized spacial score (nSPS) is 14.4. The molecule has 1 aromatic rings. The molecule has 0 unspecified atom stereocenters. The van der Waals surface area contributed by atoms with Gasteiger partial charge in [0.2, 0.25) is 0 Å². The molecule has 0 aliphatic rings. The number of hydrogen-bond donors (Lipinski definition) is 0. The zero-order valence-electron chi connectivity index (χ0n) is 9.20. The summed E-state index contributed by atoms with van der Waals surface area (Å²) in [6.07, 6.45) is 1.93. The summed E-state index contributed by atoms with van der Waals surface area (Å²) < 4.78 is 40.3. The average molecular weight is 246 g/mol. The summed E-state index contributed by atoms with van der Waals surface area (Å²) in [5.74, 6) is -1.58. The van der Waals surface area contributed by atoms with Gasteiger partial charge < -0.3 is 4.55 Å². The predicted octanol–water partition coefficient (Wildman–Crippen LogP) is 2.24. The van der Waals surface area contributed by atoms with Gasteiger partial charge in [-0.3, -0.25) is 0 Å². The highest BCUT2D eigenvalue weighted by Gasteiger charge is 2.26. The van der Waals surface area contributed by atoms with Crippen molar-refractivity contribution in [2.75, 3.05) is 0 Å². The molecule has 6 heteroatoms. The van der Waals surface area contributed by atoms with Crippen LogP contribution in [0.25, 0.3) is 0 Å². The van der Waals surface area contributed by atoms with Crippen molar-refractivity contribution >= 4 is 17.6 Å². The van der Waals surface area contributed by atoms with Crippen molar-refractivity contribution in [3.8, 4) is 0 Å². The summed E-state index contributed by atoms with van der Waals surface area (Å²) >= 11 is -1.48. The van der Waals surface area contributed by atoms with E-state index in [1.54, 1.807) is 20.8 Å². The first-order valence-electron chi connectivity index (χ1n) is 4.58. The molecule has 1 aromatic heterocycles. The second-order valence-electron chi connectivity index (χ2n) is 4.12. The highest BCUT2D eigenvalue weighted by molar-refractivity contribution is 7.91. The van der Waals surface area contributed by atoms with E-state index in [0.29, 0.717) is 6.07 Å². The number of halogens is 2. The van der Waals surface area contributed by atoms with Crippen molar-refractivity contribution in [3.05, 3.63) is 29.6 Å². The molecule has 0 bridgehead atoms. The molecule has 88 valence electrons. The van der Waals surface area contributed by atoms with E-state index < -0.39 is 27.7 Å². The molecule has 0 aliphatic heterocycles. The van der Waals surface area contributed by atoms with Crippen LogP contribution in [0.15, 0.2) is 16.7 Å². The molecule has 0 aromatic carbocycles. The van der Waals surface area contributed by atoms with E-state index in [1.165, 1.54) is 0 Å². The van der Waals surface area contributed by atoms with Crippen LogP contribution in [-0.4, -0.2) is 20.5 Å². The molecule has 0 spiro atoms. The van der Waals surface area contributed by atoms with Crippen molar-refractivity contribution in [2.45, 2.75) is 25.5 Å². The Morgan fingerprint density at radius 3 is 2.56 bits per heavy atom. The molecule has 0 fully saturated rings. The summed E-state index contributed by atoms with van der Waals surface area (Å²) in [4.78, 5) is 3.50. The molecule has 0 N–H and O–H groups in total. The number of aromatic nitrogens is 1. The first-order valence-corrected chi connectivity index (χ1v) is 5.68. The van der Waals surface area contributed by atoms with Crippen molar-refractivity contribution in [2.24, 2.45) is 4.40 Å². The van der Waals surface area contributed by atoms with Crippen molar-refractivity contribution in [3.63, 3.8) is 0 Å². The lowest BCUT2D eigenvalue weighted by Gasteiger charge is -2.17. The first-order chi connectivity index (χ1) is 7.30. The Morgan fingerprint density at radius 1 is 1.44 bits per heavy atom. The molecule has 0 saturated carbocycles. The van der Waals surface area contributed by atoms with E-state index in [0.717, 1.165) is 12.4 Å². The van der Waals surface area contributed by atoms with Crippen LogP contribution in [-0.2, 0) is 11.4 Å². The molecule has 1 heterocycles. The SMILES string of the molecule is CC(C)(C)[S@+]([O-])/N=C/c1ncc(F)cc1F. The Morgan fingerprint density at radius 2 is 2.06 bits per heavy atom. The van der Waals surface area contributed by atoms with Crippen LogP contribution < -0.4 is 0 Å². The van der Waals surface area contributed by atoms with E-state index in [4.69, 9.17) is 0 Å². The maximum absolute atomic E-state index is 13.1. The van der Waals surface area contributed by atoms with Gasteiger partial charge in [-0.1, -0.05) is 4.40 Å².